The van der Waals surface area contributed by atoms with Crippen molar-refractivity contribution in [2.75, 3.05) is 21.3 Å². The summed E-state index contributed by atoms with van der Waals surface area (Å²) in [6.07, 6.45) is 1.45. The summed E-state index contributed by atoms with van der Waals surface area (Å²) in [4.78, 5) is 24.0. The molecule has 0 fully saturated rings. The summed E-state index contributed by atoms with van der Waals surface area (Å²) in [5, 5.41) is 5.41. The third-order valence-corrected chi connectivity index (χ3v) is 3.66. The fourth-order valence-corrected chi connectivity index (χ4v) is 2.41. The van der Waals surface area contributed by atoms with Crippen LogP contribution in [0.5, 0.6) is 11.5 Å². The maximum absolute atomic E-state index is 12.2. The number of ether oxygens (including phenoxy) is 2. The maximum atomic E-state index is 12.2. The van der Waals surface area contributed by atoms with Gasteiger partial charge in [0.15, 0.2) is 0 Å². The highest BCUT2D eigenvalue weighted by Gasteiger charge is 2.20. The van der Waals surface area contributed by atoms with Crippen LogP contribution in [0.15, 0.2) is 18.2 Å². The number of rotatable bonds is 9. The minimum Gasteiger partial charge on any atom is -0.497 e. The van der Waals surface area contributed by atoms with Crippen LogP contribution in [0.3, 0.4) is 0 Å². The van der Waals surface area contributed by atoms with Crippen molar-refractivity contribution in [1.29, 1.82) is 0 Å². The van der Waals surface area contributed by atoms with Gasteiger partial charge in [0, 0.05) is 19.5 Å². The van der Waals surface area contributed by atoms with E-state index in [1.807, 2.05) is 26.0 Å². The van der Waals surface area contributed by atoms with E-state index in [9.17, 15) is 9.59 Å². The lowest BCUT2D eigenvalue weighted by Gasteiger charge is -2.19. The summed E-state index contributed by atoms with van der Waals surface area (Å²) < 4.78 is 10.4. The second-order valence-electron chi connectivity index (χ2n) is 6.08. The minimum atomic E-state index is -0.498. The third kappa shape index (κ3) is 6.48. The first-order valence-corrected chi connectivity index (χ1v) is 8.12. The van der Waals surface area contributed by atoms with Gasteiger partial charge in [0.2, 0.25) is 11.8 Å². The van der Waals surface area contributed by atoms with Crippen molar-refractivity contribution in [3.05, 3.63) is 23.8 Å². The summed E-state index contributed by atoms with van der Waals surface area (Å²) in [5.74, 6) is 1.38. The van der Waals surface area contributed by atoms with Crippen molar-refractivity contribution in [3.63, 3.8) is 0 Å². The fourth-order valence-electron chi connectivity index (χ4n) is 2.41. The van der Waals surface area contributed by atoms with E-state index in [1.165, 1.54) is 0 Å². The molecule has 1 rings (SSSR count). The number of likely N-dealkylation sites (N-methyl/N-ethyl adjacent to an activating group) is 1. The van der Waals surface area contributed by atoms with Crippen LogP contribution in [0.4, 0.5) is 0 Å². The molecule has 0 spiro atoms. The van der Waals surface area contributed by atoms with Gasteiger partial charge in [-0.3, -0.25) is 9.59 Å². The fraction of sp³-hybridized carbons (Fsp3) is 0.556. The van der Waals surface area contributed by atoms with Gasteiger partial charge in [0.1, 0.15) is 17.5 Å². The van der Waals surface area contributed by atoms with Gasteiger partial charge in [-0.1, -0.05) is 13.8 Å². The number of benzene rings is 1. The quantitative estimate of drug-likeness (QED) is 0.722. The third-order valence-electron chi connectivity index (χ3n) is 3.66. The van der Waals surface area contributed by atoms with E-state index in [0.29, 0.717) is 36.7 Å². The largest absolute Gasteiger partial charge is 0.497 e. The molecular formula is C18H28N2O4. The summed E-state index contributed by atoms with van der Waals surface area (Å²) in [7, 11) is 4.75. The molecule has 2 N–H and O–H groups in total. The highest BCUT2D eigenvalue weighted by molar-refractivity contribution is 5.87. The van der Waals surface area contributed by atoms with Crippen molar-refractivity contribution >= 4 is 11.8 Å². The Balaban J connectivity index is 2.65. The van der Waals surface area contributed by atoms with Crippen LogP contribution in [0.2, 0.25) is 0 Å². The standard InChI is InChI=1S/C18H28N2O4/c1-12(2)8-16(18(22)19-3)20-17(21)7-6-13-9-14(23-4)11-15(10-13)24-5/h9-12,16H,6-8H2,1-5H3,(H,19,22)(H,20,21)/t16-/m1/s1. The first-order chi connectivity index (χ1) is 11.4. The van der Waals surface area contributed by atoms with Crippen molar-refractivity contribution in [1.82, 2.24) is 10.6 Å². The summed E-state index contributed by atoms with van der Waals surface area (Å²) in [6.45, 7) is 4.04. The highest BCUT2D eigenvalue weighted by Crippen LogP contribution is 2.23. The number of amides is 2. The topological polar surface area (TPSA) is 76.7 Å². The van der Waals surface area contributed by atoms with Gasteiger partial charge >= 0.3 is 0 Å². The minimum absolute atomic E-state index is 0.147. The van der Waals surface area contributed by atoms with Crippen LogP contribution in [0, 0.1) is 5.92 Å². The normalized spacial score (nSPS) is 11.8. The predicted octanol–water partition coefficient (Wildman–Crippen LogP) is 1.91. The van der Waals surface area contributed by atoms with E-state index < -0.39 is 6.04 Å². The van der Waals surface area contributed by atoms with Gasteiger partial charge in [-0.05, 0) is 36.5 Å². The average molecular weight is 336 g/mol. The molecule has 0 heterocycles. The van der Waals surface area contributed by atoms with Crippen LogP contribution >= 0.6 is 0 Å². The molecular weight excluding hydrogens is 308 g/mol. The molecule has 0 bridgehead atoms. The molecule has 0 unspecified atom stereocenters. The number of nitrogens with one attached hydrogen (secondary N) is 2. The number of methoxy groups -OCH3 is 2. The van der Waals surface area contributed by atoms with Crippen molar-refractivity contribution < 1.29 is 19.1 Å². The monoisotopic (exact) mass is 336 g/mol. The number of carbonyl (C=O) groups is 2. The molecule has 0 aliphatic carbocycles. The van der Waals surface area contributed by atoms with Crippen molar-refractivity contribution in [2.45, 2.75) is 39.2 Å². The van der Waals surface area contributed by atoms with Crippen LogP contribution in [0.25, 0.3) is 0 Å². The smallest absolute Gasteiger partial charge is 0.242 e. The average Bonchev–Trinajstić information content (AvgIpc) is 2.57. The molecule has 0 aromatic heterocycles. The van der Waals surface area contributed by atoms with Gasteiger partial charge in [-0.25, -0.2) is 0 Å². The van der Waals surface area contributed by atoms with Crippen molar-refractivity contribution in [2.24, 2.45) is 5.92 Å². The van der Waals surface area contributed by atoms with Crippen molar-refractivity contribution in [3.8, 4) is 11.5 Å². The number of aryl methyl sites for hydroxylation is 1. The maximum Gasteiger partial charge on any atom is 0.242 e. The number of hydrogen-bond donors (Lipinski definition) is 2. The van der Waals surface area contributed by atoms with Gasteiger partial charge in [-0.15, -0.1) is 0 Å². The van der Waals surface area contributed by atoms with E-state index in [1.54, 1.807) is 27.3 Å². The summed E-state index contributed by atoms with van der Waals surface area (Å²) in [5.41, 5.74) is 0.946. The molecule has 2 amide bonds. The van der Waals surface area contributed by atoms with Crippen LogP contribution < -0.4 is 20.1 Å². The predicted molar refractivity (Wildman–Crippen MR) is 93.3 cm³/mol. The van der Waals surface area contributed by atoms with E-state index in [-0.39, 0.29) is 11.8 Å². The molecule has 6 nitrogen and oxygen atoms in total. The molecule has 1 aromatic rings. The Morgan fingerprint density at radius 3 is 2.12 bits per heavy atom. The zero-order chi connectivity index (χ0) is 18.1. The molecule has 6 heteroatoms. The first-order valence-electron chi connectivity index (χ1n) is 8.12. The molecule has 0 radical (unpaired) electrons. The van der Waals surface area contributed by atoms with Crippen LogP contribution in [-0.2, 0) is 16.0 Å². The Morgan fingerprint density at radius 2 is 1.67 bits per heavy atom. The second-order valence-corrected chi connectivity index (χ2v) is 6.08. The Morgan fingerprint density at radius 1 is 1.08 bits per heavy atom. The Hall–Kier alpha value is -2.24. The van der Waals surface area contributed by atoms with E-state index >= 15 is 0 Å². The number of carbonyl (C=O) groups excluding carboxylic acids is 2. The van der Waals surface area contributed by atoms with Gasteiger partial charge in [0.25, 0.3) is 0 Å². The number of hydrogen-bond acceptors (Lipinski definition) is 4. The molecule has 0 aliphatic rings. The van der Waals surface area contributed by atoms with Crippen LogP contribution in [0.1, 0.15) is 32.3 Å². The molecule has 1 aromatic carbocycles. The molecule has 0 saturated heterocycles. The zero-order valence-electron chi connectivity index (χ0n) is 15.1. The van der Waals surface area contributed by atoms with E-state index in [4.69, 9.17) is 9.47 Å². The van der Waals surface area contributed by atoms with Gasteiger partial charge < -0.3 is 20.1 Å². The molecule has 134 valence electrons. The Bertz CT molecular complexity index is 536. The Labute approximate surface area is 143 Å². The summed E-state index contributed by atoms with van der Waals surface area (Å²) >= 11 is 0. The molecule has 1 atom stereocenters. The first kappa shape index (κ1) is 19.8. The lowest BCUT2D eigenvalue weighted by atomic mass is 10.0. The summed E-state index contributed by atoms with van der Waals surface area (Å²) in [6, 6.07) is 5.04. The lowest BCUT2D eigenvalue weighted by molar-refractivity contribution is -0.129. The lowest BCUT2D eigenvalue weighted by Crippen LogP contribution is -2.46. The second kappa shape index (κ2) is 9.80. The highest BCUT2D eigenvalue weighted by atomic mass is 16.5. The van der Waals surface area contributed by atoms with Gasteiger partial charge in [0.05, 0.1) is 14.2 Å². The van der Waals surface area contributed by atoms with E-state index in [0.717, 1.165) is 5.56 Å². The molecule has 24 heavy (non-hydrogen) atoms. The van der Waals surface area contributed by atoms with E-state index in [2.05, 4.69) is 10.6 Å². The van der Waals surface area contributed by atoms with Crippen LogP contribution in [-0.4, -0.2) is 39.1 Å². The zero-order valence-corrected chi connectivity index (χ0v) is 15.1. The SMILES string of the molecule is CNC(=O)[C@@H](CC(C)C)NC(=O)CCc1cc(OC)cc(OC)c1. The molecule has 0 saturated carbocycles. The Kier molecular flexibility index (Phi) is 8.09. The molecule has 0 aliphatic heterocycles. The van der Waals surface area contributed by atoms with Gasteiger partial charge in [-0.2, -0.15) is 0 Å².